The second kappa shape index (κ2) is 7.64. The van der Waals surface area contributed by atoms with E-state index in [1.54, 1.807) is 34.6 Å². The summed E-state index contributed by atoms with van der Waals surface area (Å²) in [6.07, 6.45) is -0.640. The van der Waals surface area contributed by atoms with Crippen LogP contribution in [0.4, 0.5) is 4.79 Å². The topological polar surface area (TPSA) is 91.1 Å². The molecule has 1 fully saturated rings. The lowest BCUT2D eigenvalue weighted by Crippen LogP contribution is -2.29. The van der Waals surface area contributed by atoms with Gasteiger partial charge < -0.3 is 18.5 Å². The molecular formula is C14H26NO7P. The van der Waals surface area contributed by atoms with E-state index in [2.05, 4.69) is 0 Å². The molecule has 0 radical (unpaired) electrons. The van der Waals surface area contributed by atoms with E-state index in [1.807, 2.05) is 0 Å². The highest BCUT2D eigenvalue weighted by Crippen LogP contribution is 2.63. The van der Waals surface area contributed by atoms with Gasteiger partial charge in [-0.05, 0) is 34.6 Å². The Morgan fingerprint density at radius 2 is 1.65 bits per heavy atom. The van der Waals surface area contributed by atoms with Crippen LogP contribution in [0.5, 0.6) is 0 Å². The highest BCUT2D eigenvalue weighted by atomic mass is 31.2. The molecular weight excluding hydrogens is 325 g/mol. The normalized spacial score (nSPS) is 21.0. The van der Waals surface area contributed by atoms with Gasteiger partial charge in [0, 0.05) is 6.92 Å². The summed E-state index contributed by atoms with van der Waals surface area (Å²) < 4.78 is 33.7. The minimum Gasteiger partial charge on any atom is -0.464 e. The first-order valence-electron chi connectivity index (χ1n) is 7.59. The molecule has 1 amide bonds. The highest BCUT2D eigenvalue weighted by molar-refractivity contribution is 7.55. The number of hydrogen-bond donors (Lipinski definition) is 0. The quantitative estimate of drug-likeness (QED) is 0.396. The van der Waals surface area contributed by atoms with Crippen molar-refractivity contribution >= 4 is 19.7 Å². The van der Waals surface area contributed by atoms with Crippen molar-refractivity contribution in [2.24, 2.45) is 0 Å². The van der Waals surface area contributed by atoms with Crippen LogP contribution in [0.3, 0.4) is 0 Å². The number of ether oxygens (including phenoxy) is 2. The summed E-state index contributed by atoms with van der Waals surface area (Å²) in [6.45, 7) is 10.1. The first kappa shape index (κ1) is 19.9. The maximum Gasteiger partial charge on any atom is 0.411 e. The zero-order valence-electron chi connectivity index (χ0n) is 14.5. The van der Waals surface area contributed by atoms with Gasteiger partial charge in [-0.15, -0.1) is 0 Å². The lowest BCUT2D eigenvalue weighted by atomic mass is 10.2. The molecule has 0 N–H and O–H groups in total. The Labute approximate surface area is 136 Å². The van der Waals surface area contributed by atoms with Crippen LogP contribution >= 0.6 is 7.60 Å². The molecule has 1 rings (SSSR count). The van der Waals surface area contributed by atoms with Crippen molar-refractivity contribution in [3.05, 3.63) is 0 Å². The Hall–Kier alpha value is -1.11. The molecule has 0 bridgehead atoms. The second-order valence-corrected chi connectivity index (χ2v) is 8.17. The predicted molar refractivity (Wildman–Crippen MR) is 83.1 cm³/mol. The average molecular weight is 351 g/mol. The molecule has 0 aromatic rings. The molecule has 9 heteroatoms. The number of carbonyl (C=O) groups is 2. The highest BCUT2D eigenvalue weighted by Gasteiger charge is 2.64. The van der Waals surface area contributed by atoms with Crippen molar-refractivity contribution in [1.82, 2.24) is 4.90 Å². The minimum atomic E-state index is -3.54. The van der Waals surface area contributed by atoms with E-state index in [1.165, 1.54) is 11.8 Å². The third-order valence-corrected chi connectivity index (χ3v) is 5.38. The van der Waals surface area contributed by atoms with Crippen LogP contribution in [0.25, 0.3) is 0 Å². The molecule has 2 atom stereocenters. The molecule has 0 aliphatic carbocycles. The zero-order chi connectivity index (χ0) is 17.8. The van der Waals surface area contributed by atoms with E-state index in [-0.39, 0.29) is 19.8 Å². The lowest BCUT2D eigenvalue weighted by Gasteiger charge is -2.21. The molecule has 0 aromatic carbocycles. The van der Waals surface area contributed by atoms with Gasteiger partial charge in [-0.2, -0.15) is 0 Å². The number of hydrogen-bond acceptors (Lipinski definition) is 7. The first-order chi connectivity index (χ1) is 10.6. The van der Waals surface area contributed by atoms with Gasteiger partial charge in [0.05, 0.1) is 13.2 Å². The fourth-order valence-corrected chi connectivity index (χ4v) is 4.35. The van der Waals surface area contributed by atoms with Crippen LogP contribution in [0.2, 0.25) is 0 Å². The van der Waals surface area contributed by atoms with Crippen LogP contribution in [-0.2, 0) is 27.9 Å². The summed E-state index contributed by atoms with van der Waals surface area (Å²) in [5.41, 5.74) is -0.697. The van der Waals surface area contributed by atoms with Gasteiger partial charge in [-0.25, -0.2) is 4.79 Å². The minimum absolute atomic E-state index is 0.0800. The Morgan fingerprint density at radius 3 is 2.04 bits per heavy atom. The van der Waals surface area contributed by atoms with Crippen LogP contribution in [0.1, 0.15) is 41.5 Å². The molecule has 0 spiro atoms. The molecule has 23 heavy (non-hydrogen) atoms. The van der Waals surface area contributed by atoms with Crippen LogP contribution in [-0.4, -0.2) is 54.2 Å². The second-order valence-electron chi connectivity index (χ2n) is 6.05. The Morgan fingerprint density at radius 1 is 1.13 bits per heavy atom. The molecule has 8 nitrogen and oxygen atoms in total. The van der Waals surface area contributed by atoms with E-state index in [9.17, 15) is 14.2 Å². The number of carbonyl (C=O) groups excluding carboxylic acids is 2. The number of rotatable bonds is 7. The third kappa shape index (κ3) is 5.48. The van der Waals surface area contributed by atoms with Crippen molar-refractivity contribution in [2.75, 3.05) is 19.8 Å². The van der Waals surface area contributed by atoms with Gasteiger partial charge in [0.25, 0.3) is 0 Å². The Bertz CT molecular complexity index is 478. The van der Waals surface area contributed by atoms with Crippen molar-refractivity contribution in [3.63, 3.8) is 0 Å². The van der Waals surface area contributed by atoms with E-state index in [4.69, 9.17) is 18.5 Å². The fourth-order valence-electron chi connectivity index (χ4n) is 2.11. The molecule has 134 valence electrons. The van der Waals surface area contributed by atoms with E-state index in [0.29, 0.717) is 0 Å². The standard InChI is InChI=1S/C14H26NO7P/c1-7-20-23(18,21-8-2)12-11(9-19-10(3)16)15(12)13(17)22-14(4,5)6/h11-12H,7-9H2,1-6H3/t11-,12-,15?/m1/s1. The number of amides is 1. The summed E-state index contributed by atoms with van der Waals surface area (Å²) in [5.74, 6) is -1.29. The van der Waals surface area contributed by atoms with Crippen molar-refractivity contribution in [3.8, 4) is 0 Å². The van der Waals surface area contributed by atoms with Gasteiger partial charge in [0.15, 0.2) is 5.78 Å². The summed E-state index contributed by atoms with van der Waals surface area (Å²) >= 11 is 0. The summed E-state index contributed by atoms with van der Waals surface area (Å²) in [5, 5.41) is 0. The van der Waals surface area contributed by atoms with Gasteiger partial charge in [0.1, 0.15) is 18.2 Å². The SMILES string of the molecule is CCOP(=O)(OCC)[C@@H]1[C@@H](COC(C)=O)N1C(=O)OC(C)(C)C. The molecule has 1 saturated heterocycles. The van der Waals surface area contributed by atoms with Crippen LogP contribution < -0.4 is 0 Å². The summed E-state index contributed by atoms with van der Waals surface area (Å²) in [7, 11) is -3.54. The Balaban J connectivity index is 2.93. The third-order valence-electron chi connectivity index (χ3n) is 2.90. The van der Waals surface area contributed by atoms with Crippen LogP contribution in [0, 0.1) is 0 Å². The summed E-state index contributed by atoms with van der Waals surface area (Å²) in [4.78, 5) is 24.5. The average Bonchev–Trinajstić information content (AvgIpc) is 3.10. The maximum absolute atomic E-state index is 12.9. The predicted octanol–water partition coefficient (Wildman–Crippen LogP) is 2.76. The maximum atomic E-state index is 12.9. The Kier molecular flexibility index (Phi) is 6.62. The van der Waals surface area contributed by atoms with E-state index >= 15 is 0 Å². The van der Waals surface area contributed by atoms with Crippen molar-refractivity contribution in [2.45, 2.75) is 59.0 Å². The molecule has 1 heterocycles. The molecule has 0 saturated carbocycles. The molecule has 0 aromatic heterocycles. The number of nitrogens with zero attached hydrogens (tertiary/aromatic N) is 1. The number of esters is 1. The van der Waals surface area contributed by atoms with E-state index < -0.39 is 37.1 Å². The van der Waals surface area contributed by atoms with Gasteiger partial charge in [0.2, 0.25) is 0 Å². The van der Waals surface area contributed by atoms with Gasteiger partial charge in [-0.1, -0.05) is 0 Å². The zero-order valence-corrected chi connectivity index (χ0v) is 15.4. The fraction of sp³-hybridized carbons (Fsp3) is 0.857. The summed E-state index contributed by atoms with van der Waals surface area (Å²) in [6, 6.07) is -0.585. The van der Waals surface area contributed by atoms with Crippen molar-refractivity contribution < 1.29 is 32.7 Å². The van der Waals surface area contributed by atoms with Gasteiger partial charge >= 0.3 is 19.7 Å². The first-order valence-corrected chi connectivity index (χ1v) is 9.20. The monoisotopic (exact) mass is 351 g/mol. The molecule has 0 unspecified atom stereocenters. The van der Waals surface area contributed by atoms with Crippen LogP contribution in [0.15, 0.2) is 0 Å². The smallest absolute Gasteiger partial charge is 0.411 e. The molecule has 1 aliphatic heterocycles. The lowest BCUT2D eigenvalue weighted by molar-refractivity contribution is -0.141. The largest absolute Gasteiger partial charge is 0.464 e. The van der Waals surface area contributed by atoms with Crippen molar-refractivity contribution in [1.29, 1.82) is 0 Å². The van der Waals surface area contributed by atoms with E-state index in [0.717, 1.165) is 0 Å². The van der Waals surface area contributed by atoms with Gasteiger partial charge in [-0.3, -0.25) is 14.3 Å². The molecule has 1 aliphatic rings.